The fourth-order valence-electron chi connectivity index (χ4n) is 1.42. The lowest BCUT2D eigenvalue weighted by Crippen LogP contribution is -2.04. The maximum atomic E-state index is 11.5. The van der Waals surface area contributed by atoms with Crippen LogP contribution in [-0.4, -0.2) is 11.9 Å². The standard InChI is InChI=1S/C12H7NO4/c14-12-9(7-8-3-1-5-15-8)13-11(17-12)10-4-2-6-16-10/h1-7H/b9-7+. The zero-order valence-corrected chi connectivity index (χ0v) is 8.62. The third-order valence-electron chi connectivity index (χ3n) is 2.17. The number of furan rings is 2. The van der Waals surface area contributed by atoms with Crippen molar-refractivity contribution in [1.82, 2.24) is 0 Å². The predicted octanol–water partition coefficient (Wildman–Crippen LogP) is 2.22. The maximum absolute atomic E-state index is 11.5. The fourth-order valence-corrected chi connectivity index (χ4v) is 1.42. The fraction of sp³-hybridized carbons (Fsp3) is 0. The van der Waals surface area contributed by atoms with Gasteiger partial charge in [-0.15, -0.1) is 0 Å². The summed E-state index contributed by atoms with van der Waals surface area (Å²) in [6.07, 6.45) is 4.52. The summed E-state index contributed by atoms with van der Waals surface area (Å²) in [7, 11) is 0. The monoisotopic (exact) mass is 229 g/mol. The van der Waals surface area contributed by atoms with Gasteiger partial charge in [-0.2, -0.15) is 0 Å². The van der Waals surface area contributed by atoms with Crippen LogP contribution in [0.1, 0.15) is 11.5 Å². The zero-order chi connectivity index (χ0) is 11.7. The Morgan fingerprint density at radius 1 is 1.12 bits per heavy atom. The Morgan fingerprint density at radius 3 is 2.65 bits per heavy atom. The van der Waals surface area contributed by atoms with Crippen LogP contribution in [0.15, 0.2) is 56.3 Å². The Labute approximate surface area is 96.0 Å². The van der Waals surface area contributed by atoms with Crippen molar-refractivity contribution in [2.45, 2.75) is 0 Å². The van der Waals surface area contributed by atoms with Crippen molar-refractivity contribution < 1.29 is 18.4 Å². The third-order valence-corrected chi connectivity index (χ3v) is 2.17. The Kier molecular flexibility index (Phi) is 2.15. The Morgan fingerprint density at radius 2 is 1.94 bits per heavy atom. The van der Waals surface area contributed by atoms with Gasteiger partial charge in [-0.3, -0.25) is 0 Å². The number of ether oxygens (including phenoxy) is 1. The van der Waals surface area contributed by atoms with Crippen molar-refractivity contribution in [1.29, 1.82) is 0 Å². The van der Waals surface area contributed by atoms with E-state index in [1.807, 2.05) is 0 Å². The van der Waals surface area contributed by atoms with Crippen LogP contribution in [0.5, 0.6) is 0 Å². The first-order valence-electron chi connectivity index (χ1n) is 4.93. The van der Waals surface area contributed by atoms with E-state index in [0.717, 1.165) is 0 Å². The van der Waals surface area contributed by atoms with Gasteiger partial charge in [-0.25, -0.2) is 9.79 Å². The summed E-state index contributed by atoms with van der Waals surface area (Å²) in [4.78, 5) is 15.6. The van der Waals surface area contributed by atoms with Crippen molar-refractivity contribution in [3.63, 3.8) is 0 Å². The molecule has 0 aromatic carbocycles. The van der Waals surface area contributed by atoms with Crippen LogP contribution in [0.2, 0.25) is 0 Å². The molecule has 0 bridgehead atoms. The number of cyclic esters (lactones) is 1. The van der Waals surface area contributed by atoms with Crippen molar-refractivity contribution in [3.05, 3.63) is 54.0 Å². The predicted molar refractivity (Wildman–Crippen MR) is 58.0 cm³/mol. The summed E-state index contributed by atoms with van der Waals surface area (Å²) >= 11 is 0. The van der Waals surface area contributed by atoms with Crippen molar-refractivity contribution in [2.24, 2.45) is 4.99 Å². The van der Waals surface area contributed by atoms with E-state index < -0.39 is 5.97 Å². The molecule has 2 aromatic rings. The summed E-state index contributed by atoms with van der Waals surface area (Å²) in [6.45, 7) is 0. The molecular formula is C12H7NO4. The average molecular weight is 229 g/mol. The van der Waals surface area contributed by atoms with Gasteiger partial charge in [0, 0.05) is 6.08 Å². The largest absolute Gasteiger partial charge is 0.465 e. The average Bonchev–Trinajstić information content (AvgIpc) is 3.02. The van der Waals surface area contributed by atoms with E-state index in [2.05, 4.69) is 4.99 Å². The van der Waals surface area contributed by atoms with Gasteiger partial charge in [0.15, 0.2) is 11.5 Å². The highest BCUT2D eigenvalue weighted by Crippen LogP contribution is 2.19. The highest BCUT2D eigenvalue weighted by atomic mass is 16.6. The molecule has 0 fully saturated rings. The van der Waals surface area contributed by atoms with Crippen molar-refractivity contribution in [3.8, 4) is 0 Å². The van der Waals surface area contributed by atoms with E-state index >= 15 is 0 Å². The first kappa shape index (κ1) is 9.65. The minimum Gasteiger partial charge on any atom is -0.465 e. The molecule has 0 aliphatic carbocycles. The summed E-state index contributed by atoms with van der Waals surface area (Å²) in [6, 6.07) is 6.81. The zero-order valence-electron chi connectivity index (χ0n) is 8.62. The lowest BCUT2D eigenvalue weighted by atomic mass is 10.3. The maximum Gasteiger partial charge on any atom is 0.364 e. The SMILES string of the molecule is O=C1OC(c2ccco2)=N/C1=C/c1ccco1. The Balaban J connectivity index is 1.95. The van der Waals surface area contributed by atoms with Crippen LogP contribution in [0, 0.1) is 0 Å². The van der Waals surface area contributed by atoms with Crippen LogP contribution in [0.25, 0.3) is 6.08 Å². The van der Waals surface area contributed by atoms with Crippen molar-refractivity contribution in [2.75, 3.05) is 0 Å². The summed E-state index contributed by atoms with van der Waals surface area (Å²) in [5.74, 6) is 0.605. The van der Waals surface area contributed by atoms with Crippen LogP contribution in [0.4, 0.5) is 0 Å². The topological polar surface area (TPSA) is 64.9 Å². The number of hydrogen-bond donors (Lipinski definition) is 0. The quantitative estimate of drug-likeness (QED) is 0.585. The van der Waals surface area contributed by atoms with Gasteiger partial charge in [0.1, 0.15) is 5.76 Å². The van der Waals surface area contributed by atoms with Gasteiger partial charge in [-0.05, 0) is 24.3 Å². The molecule has 0 spiro atoms. The number of rotatable bonds is 2. The highest BCUT2D eigenvalue weighted by Gasteiger charge is 2.25. The molecule has 84 valence electrons. The van der Waals surface area contributed by atoms with Gasteiger partial charge in [0.25, 0.3) is 5.90 Å². The number of hydrogen-bond acceptors (Lipinski definition) is 5. The second-order valence-electron chi connectivity index (χ2n) is 3.33. The first-order chi connectivity index (χ1) is 8.33. The molecule has 1 aliphatic rings. The van der Waals surface area contributed by atoms with E-state index in [1.54, 1.807) is 24.3 Å². The highest BCUT2D eigenvalue weighted by molar-refractivity contribution is 6.11. The lowest BCUT2D eigenvalue weighted by molar-refractivity contribution is -0.130. The van der Waals surface area contributed by atoms with Crippen molar-refractivity contribution >= 4 is 17.9 Å². The molecule has 0 saturated carbocycles. The van der Waals surface area contributed by atoms with E-state index in [9.17, 15) is 4.79 Å². The molecule has 0 atom stereocenters. The molecule has 0 amide bonds. The van der Waals surface area contributed by atoms with E-state index in [-0.39, 0.29) is 11.6 Å². The molecule has 0 N–H and O–H groups in total. The molecule has 5 heteroatoms. The third kappa shape index (κ3) is 1.78. The number of carbonyl (C=O) groups excluding carboxylic acids is 1. The first-order valence-corrected chi connectivity index (χ1v) is 4.93. The number of aliphatic imine (C=N–C) groups is 1. The van der Waals surface area contributed by atoms with E-state index in [4.69, 9.17) is 13.6 Å². The Hall–Kier alpha value is -2.56. The molecule has 1 aliphatic heterocycles. The molecule has 0 saturated heterocycles. The Bertz CT molecular complexity index is 591. The summed E-state index contributed by atoms with van der Waals surface area (Å²) in [5.41, 5.74) is 0.186. The number of carbonyl (C=O) groups is 1. The summed E-state index contributed by atoms with van der Waals surface area (Å²) in [5, 5.41) is 0. The van der Waals surface area contributed by atoms with Crippen LogP contribution >= 0.6 is 0 Å². The van der Waals surface area contributed by atoms with Crippen LogP contribution in [-0.2, 0) is 9.53 Å². The smallest absolute Gasteiger partial charge is 0.364 e. The summed E-state index contributed by atoms with van der Waals surface area (Å²) < 4.78 is 15.2. The lowest BCUT2D eigenvalue weighted by Gasteiger charge is -1.91. The van der Waals surface area contributed by atoms with Gasteiger partial charge >= 0.3 is 5.97 Å². The number of esters is 1. The minimum atomic E-state index is -0.521. The van der Waals surface area contributed by atoms with Crippen LogP contribution in [0.3, 0.4) is 0 Å². The second kappa shape index (κ2) is 3.79. The molecule has 0 unspecified atom stereocenters. The van der Waals surface area contributed by atoms with Gasteiger partial charge < -0.3 is 13.6 Å². The molecule has 3 heterocycles. The molecule has 0 radical (unpaired) electrons. The van der Waals surface area contributed by atoms with Gasteiger partial charge in [0.05, 0.1) is 12.5 Å². The molecular weight excluding hydrogens is 222 g/mol. The van der Waals surface area contributed by atoms with Gasteiger partial charge in [0.2, 0.25) is 0 Å². The normalized spacial score (nSPS) is 17.3. The number of nitrogens with zero attached hydrogens (tertiary/aromatic N) is 1. The van der Waals surface area contributed by atoms with E-state index in [0.29, 0.717) is 11.5 Å². The van der Waals surface area contributed by atoms with E-state index in [1.165, 1.54) is 18.6 Å². The molecule has 17 heavy (non-hydrogen) atoms. The molecule has 5 nitrogen and oxygen atoms in total. The van der Waals surface area contributed by atoms with Gasteiger partial charge in [-0.1, -0.05) is 0 Å². The molecule has 3 rings (SSSR count). The molecule has 2 aromatic heterocycles. The second-order valence-corrected chi connectivity index (χ2v) is 3.33. The van der Waals surface area contributed by atoms with Crippen LogP contribution < -0.4 is 0 Å². The minimum absolute atomic E-state index is 0.165.